The van der Waals surface area contributed by atoms with Gasteiger partial charge in [0.05, 0.1) is 12.1 Å². The average Bonchev–Trinajstić information content (AvgIpc) is 3.50. The van der Waals surface area contributed by atoms with Crippen LogP contribution in [0.25, 0.3) is 0 Å². The van der Waals surface area contributed by atoms with Crippen molar-refractivity contribution in [1.82, 2.24) is 20.9 Å². The Morgan fingerprint density at radius 3 is 2.33 bits per heavy atom. The van der Waals surface area contributed by atoms with Crippen LogP contribution in [-0.4, -0.2) is 71.3 Å². The van der Waals surface area contributed by atoms with Crippen LogP contribution in [-0.2, 0) is 19.2 Å². The summed E-state index contributed by atoms with van der Waals surface area (Å²) in [5.41, 5.74) is -2.18. The van der Waals surface area contributed by atoms with Gasteiger partial charge in [0.2, 0.25) is 17.7 Å². The average molecular weight is 604 g/mol. The van der Waals surface area contributed by atoms with Gasteiger partial charge in [-0.3, -0.25) is 19.2 Å². The number of alkyl halides is 5. The zero-order valence-electron chi connectivity index (χ0n) is 24.1. The van der Waals surface area contributed by atoms with Crippen molar-refractivity contribution in [2.24, 2.45) is 22.7 Å². The van der Waals surface area contributed by atoms with Gasteiger partial charge < -0.3 is 20.9 Å². The number of amides is 4. The molecule has 1 unspecified atom stereocenters. The van der Waals surface area contributed by atoms with E-state index in [2.05, 4.69) is 17.2 Å². The highest BCUT2D eigenvalue weighted by Crippen LogP contribution is 2.42. The molecule has 3 fully saturated rings. The molecule has 3 N–H and O–H groups in total. The molecular weight excluding hydrogens is 565 g/mol. The highest BCUT2D eigenvalue weighted by atomic mass is 19.4. The Morgan fingerprint density at radius 1 is 1.12 bits per heavy atom. The second-order valence-corrected chi connectivity index (χ2v) is 12.8. The molecule has 0 radical (unpaired) electrons. The van der Waals surface area contributed by atoms with E-state index in [-0.39, 0.29) is 38.6 Å². The monoisotopic (exact) mass is 603 g/mol. The summed E-state index contributed by atoms with van der Waals surface area (Å²) < 4.78 is 70.3. The summed E-state index contributed by atoms with van der Waals surface area (Å²) in [6.07, 6.45) is -5.13. The Balaban J connectivity index is 2.10. The van der Waals surface area contributed by atoms with E-state index >= 15 is 8.78 Å². The minimum atomic E-state index is -5.33. The van der Waals surface area contributed by atoms with Gasteiger partial charge in [-0.15, -0.1) is 6.58 Å². The second kappa shape index (κ2) is 11.8. The summed E-state index contributed by atoms with van der Waals surface area (Å²) in [6.45, 7) is 10.1. The van der Waals surface area contributed by atoms with E-state index in [1.54, 1.807) is 25.2 Å². The maximum absolute atomic E-state index is 15.1. The Kier molecular flexibility index (Phi) is 9.35. The largest absolute Gasteiger partial charge is 0.471 e. The van der Waals surface area contributed by atoms with Gasteiger partial charge in [-0.1, -0.05) is 33.8 Å². The van der Waals surface area contributed by atoms with Gasteiger partial charge in [0.25, 0.3) is 5.92 Å². The number of hydrogen-bond donors (Lipinski definition) is 3. The predicted octanol–water partition coefficient (Wildman–Crippen LogP) is 3.21. The van der Waals surface area contributed by atoms with E-state index in [9.17, 15) is 37.6 Å². The van der Waals surface area contributed by atoms with Crippen molar-refractivity contribution in [1.29, 1.82) is 5.26 Å². The van der Waals surface area contributed by atoms with Gasteiger partial charge in [0.1, 0.15) is 18.1 Å². The van der Waals surface area contributed by atoms with Gasteiger partial charge in [0.15, 0.2) is 0 Å². The van der Waals surface area contributed by atoms with Crippen molar-refractivity contribution in [3.8, 4) is 6.07 Å². The van der Waals surface area contributed by atoms with Crippen LogP contribution in [0.15, 0.2) is 12.7 Å². The summed E-state index contributed by atoms with van der Waals surface area (Å²) in [4.78, 5) is 53.5. The Labute approximate surface area is 241 Å². The molecule has 14 heteroatoms. The molecule has 0 aromatic carbocycles. The van der Waals surface area contributed by atoms with Crippen molar-refractivity contribution in [3.63, 3.8) is 0 Å². The fraction of sp³-hybridized carbons (Fsp3) is 0.750. The molecular formula is C28H38F5N5O4. The summed E-state index contributed by atoms with van der Waals surface area (Å²) in [7, 11) is 0. The number of nitrogens with one attached hydrogen (secondary N) is 3. The SMILES string of the molecule is C=CC(C)(C)[C@H]1CCN2C(=O)[C@@H](NC(=O)C(F)(F)F)C(C)(C)CCCC(F)(F)[C@@H]3C[C@@H](CC(C#N)NC(=O)[C@H]12)C(=O)N3. The van der Waals surface area contributed by atoms with Crippen molar-refractivity contribution in [3.05, 3.63) is 12.7 Å². The summed E-state index contributed by atoms with van der Waals surface area (Å²) in [6, 6.07) is -3.98. The van der Waals surface area contributed by atoms with Gasteiger partial charge in [-0.05, 0) is 48.9 Å². The minimum absolute atomic E-state index is 0.0463. The number of nitriles is 1. The van der Waals surface area contributed by atoms with Gasteiger partial charge >= 0.3 is 12.1 Å². The molecule has 3 aliphatic heterocycles. The topological polar surface area (TPSA) is 131 Å². The lowest BCUT2D eigenvalue weighted by Crippen LogP contribution is -2.61. The molecule has 2 bridgehead atoms. The number of nitrogens with zero attached hydrogens (tertiary/aromatic N) is 2. The molecule has 0 saturated carbocycles. The lowest BCUT2D eigenvalue weighted by Gasteiger charge is -2.40. The Morgan fingerprint density at radius 2 is 1.76 bits per heavy atom. The molecule has 4 amide bonds. The number of hydrogen-bond acceptors (Lipinski definition) is 5. The molecule has 234 valence electrons. The lowest BCUT2D eigenvalue weighted by atomic mass is 9.74. The second-order valence-electron chi connectivity index (χ2n) is 12.8. The van der Waals surface area contributed by atoms with E-state index in [4.69, 9.17) is 0 Å². The summed E-state index contributed by atoms with van der Waals surface area (Å²) >= 11 is 0. The van der Waals surface area contributed by atoms with Crippen LogP contribution in [0.1, 0.15) is 66.2 Å². The zero-order valence-corrected chi connectivity index (χ0v) is 24.1. The van der Waals surface area contributed by atoms with Crippen LogP contribution in [0.5, 0.6) is 0 Å². The van der Waals surface area contributed by atoms with E-state index in [0.29, 0.717) is 0 Å². The summed E-state index contributed by atoms with van der Waals surface area (Å²) in [5, 5.41) is 16.3. The van der Waals surface area contributed by atoms with Crippen molar-refractivity contribution >= 4 is 23.6 Å². The van der Waals surface area contributed by atoms with Crippen LogP contribution in [0, 0.1) is 34.0 Å². The third-order valence-electron chi connectivity index (χ3n) is 9.03. The first-order valence-corrected chi connectivity index (χ1v) is 13.9. The van der Waals surface area contributed by atoms with Gasteiger partial charge in [-0.2, -0.15) is 18.4 Å². The van der Waals surface area contributed by atoms with Crippen LogP contribution in [0.4, 0.5) is 22.0 Å². The first kappa shape index (κ1) is 33.3. The third kappa shape index (κ3) is 6.86. The highest BCUT2D eigenvalue weighted by molar-refractivity contribution is 5.94. The van der Waals surface area contributed by atoms with Crippen molar-refractivity contribution in [2.45, 2.75) is 102 Å². The lowest BCUT2D eigenvalue weighted by molar-refractivity contribution is -0.176. The maximum Gasteiger partial charge on any atom is 0.471 e. The standard InChI is InChI=1S/C28H38F5N5O4/c1-6-25(2,3)17-8-11-38-19(17)22(40)35-16(14-34)12-15-13-18(36-21(15)39)27(29,30)10-7-9-26(4,5)20(23(38)41)37-24(42)28(31,32)33/h6,15-20H,1,7-13H2,2-5H3,(H,35,40)(H,36,39)(H,37,42)/t15-,16?,17+,18+,19+,20-/m1/s1. The zero-order chi connectivity index (χ0) is 31.8. The van der Waals surface area contributed by atoms with Gasteiger partial charge in [-0.25, -0.2) is 8.78 Å². The molecule has 3 saturated heterocycles. The summed E-state index contributed by atoms with van der Waals surface area (Å²) in [5.74, 6) is -9.70. The van der Waals surface area contributed by atoms with Crippen LogP contribution < -0.4 is 16.0 Å². The fourth-order valence-corrected chi connectivity index (χ4v) is 6.27. The number of fused-ring (bicyclic) bond motifs is 3. The molecule has 6 atom stereocenters. The minimum Gasteiger partial charge on any atom is -0.347 e. The molecule has 3 heterocycles. The number of halogens is 5. The van der Waals surface area contributed by atoms with E-state index in [1.165, 1.54) is 13.8 Å². The van der Waals surface area contributed by atoms with E-state index < -0.39 is 89.0 Å². The molecule has 42 heavy (non-hydrogen) atoms. The normalized spacial score (nSPS) is 32.3. The van der Waals surface area contributed by atoms with Crippen molar-refractivity contribution in [2.75, 3.05) is 6.54 Å². The number of carbonyl (C=O) groups excluding carboxylic acids is 4. The number of carbonyl (C=O) groups is 4. The van der Waals surface area contributed by atoms with E-state index in [1.807, 2.05) is 6.07 Å². The molecule has 0 spiro atoms. The number of allylic oxidation sites excluding steroid dienone is 1. The van der Waals surface area contributed by atoms with Crippen LogP contribution in [0.3, 0.4) is 0 Å². The molecule has 0 aromatic rings. The molecule has 3 aliphatic rings. The maximum atomic E-state index is 15.1. The molecule has 3 rings (SSSR count). The first-order valence-electron chi connectivity index (χ1n) is 13.9. The van der Waals surface area contributed by atoms with Crippen LogP contribution >= 0.6 is 0 Å². The predicted molar refractivity (Wildman–Crippen MR) is 140 cm³/mol. The molecule has 0 aliphatic carbocycles. The first-order chi connectivity index (χ1) is 19.2. The number of rotatable bonds is 3. The Bertz CT molecular complexity index is 1150. The van der Waals surface area contributed by atoms with Crippen LogP contribution in [0.2, 0.25) is 0 Å². The highest BCUT2D eigenvalue weighted by Gasteiger charge is 2.53. The van der Waals surface area contributed by atoms with Gasteiger partial charge in [0, 0.05) is 18.9 Å². The molecule has 0 aromatic heterocycles. The third-order valence-corrected chi connectivity index (χ3v) is 9.03. The molecule has 9 nitrogen and oxygen atoms in total. The quantitative estimate of drug-likeness (QED) is 0.337. The fourth-order valence-electron chi connectivity index (χ4n) is 6.27. The van der Waals surface area contributed by atoms with E-state index in [0.717, 1.165) is 4.90 Å². The van der Waals surface area contributed by atoms with Crippen molar-refractivity contribution < 1.29 is 41.1 Å². The Hall–Kier alpha value is -3.24. The smallest absolute Gasteiger partial charge is 0.347 e.